The van der Waals surface area contributed by atoms with Gasteiger partial charge in [0.05, 0.1) is 24.3 Å². The molecular formula is C18H24N2O4. The number of hydrogen-bond donors (Lipinski definition) is 1. The minimum Gasteiger partial charge on any atom is -0.343 e. The Balaban J connectivity index is 1.37. The molecule has 0 amide bonds. The highest BCUT2D eigenvalue weighted by molar-refractivity contribution is 5.15. The van der Waals surface area contributed by atoms with Crippen LogP contribution in [0, 0.1) is 0 Å². The largest absolute Gasteiger partial charge is 0.343 e. The van der Waals surface area contributed by atoms with Crippen LogP contribution >= 0.6 is 0 Å². The SMILES string of the molecule is CC1(C)O[C@H]2O[C@H]3[C@@H](NC[C@@H]4C[C@H]3N(Cc3ccccc3)O4)[C@H]2O1. The van der Waals surface area contributed by atoms with E-state index in [0.717, 1.165) is 19.5 Å². The van der Waals surface area contributed by atoms with E-state index in [0.29, 0.717) is 0 Å². The summed E-state index contributed by atoms with van der Waals surface area (Å²) in [5.74, 6) is -0.576. The summed E-state index contributed by atoms with van der Waals surface area (Å²) in [6.07, 6.45) is 0.847. The normalized spacial score (nSPS) is 43.4. The fraction of sp³-hybridized carbons (Fsp3) is 0.667. The van der Waals surface area contributed by atoms with Crippen LogP contribution in [0.3, 0.4) is 0 Å². The highest BCUT2D eigenvalue weighted by Crippen LogP contribution is 2.42. The van der Waals surface area contributed by atoms with Gasteiger partial charge in [-0.3, -0.25) is 4.84 Å². The number of hydrogen-bond acceptors (Lipinski definition) is 6. The summed E-state index contributed by atoms with van der Waals surface area (Å²) in [7, 11) is 0. The third-order valence-corrected chi connectivity index (χ3v) is 5.39. The average molecular weight is 332 g/mol. The quantitative estimate of drug-likeness (QED) is 0.884. The van der Waals surface area contributed by atoms with E-state index in [1.165, 1.54) is 5.56 Å². The number of fused-ring (bicyclic) bond motifs is 6. The van der Waals surface area contributed by atoms with Crippen LogP contribution in [0.2, 0.25) is 0 Å². The molecule has 5 rings (SSSR count). The van der Waals surface area contributed by atoms with Crippen LogP contribution in [0.1, 0.15) is 25.8 Å². The van der Waals surface area contributed by atoms with Gasteiger partial charge in [0.25, 0.3) is 0 Å². The topological polar surface area (TPSA) is 52.2 Å². The van der Waals surface area contributed by atoms with Gasteiger partial charge in [0, 0.05) is 13.1 Å². The Morgan fingerprint density at radius 1 is 1.17 bits per heavy atom. The van der Waals surface area contributed by atoms with E-state index in [4.69, 9.17) is 19.0 Å². The zero-order valence-electron chi connectivity index (χ0n) is 14.1. The second-order valence-electron chi connectivity index (χ2n) is 7.59. The van der Waals surface area contributed by atoms with E-state index >= 15 is 0 Å². The zero-order valence-corrected chi connectivity index (χ0v) is 14.1. The first kappa shape index (κ1) is 15.3. The second-order valence-corrected chi connectivity index (χ2v) is 7.59. The Bertz CT molecular complexity index is 610. The van der Waals surface area contributed by atoms with Gasteiger partial charge in [0.2, 0.25) is 0 Å². The first-order valence-corrected chi connectivity index (χ1v) is 8.81. The van der Waals surface area contributed by atoms with Crippen LogP contribution in [0.5, 0.6) is 0 Å². The summed E-state index contributed by atoms with van der Waals surface area (Å²) in [5, 5.41) is 5.69. The fourth-order valence-corrected chi connectivity index (χ4v) is 4.40. The summed E-state index contributed by atoms with van der Waals surface area (Å²) in [5.41, 5.74) is 1.25. The van der Waals surface area contributed by atoms with Crippen molar-refractivity contribution < 1.29 is 19.0 Å². The Labute approximate surface area is 142 Å². The summed E-state index contributed by atoms with van der Waals surface area (Å²) in [6, 6.07) is 10.8. The lowest BCUT2D eigenvalue weighted by molar-refractivity contribution is -0.234. The van der Waals surface area contributed by atoms with Crippen molar-refractivity contribution in [2.75, 3.05) is 6.54 Å². The van der Waals surface area contributed by atoms with Crippen molar-refractivity contribution in [2.45, 2.75) is 69.3 Å². The van der Waals surface area contributed by atoms with Gasteiger partial charge in [-0.15, -0.1) is 0 Å². The van der Waals surface area contributed by atoms with E-state index in [9.17, 15) is 0 Å². The lowest BCUT2D eigenvalue weighted by Crippen LogP contribution is -2.53. The van der Waals surface area contributed by atoms with Crippen LogP contribution in [0.15, 0.2) is 30.3 Å². The first-order chi connectivity index (χ1) is 11.6. The molecule has 4 saturated heterocycles. The number of hydroxylamine groups is 2. The molecule has 0 aromatic heterocycles. The van der Waals surface area contributed by atoms with Crippen molar-refractivity contribution in [2.24, 2.45) is 0 Å². The standard InChI is InChI=1S/C18H24N2O4/c1-18(2)22-16-14-15(21-17(16)23-18)13-8-12(9-19-14)24-20(13)10-11-6-4-3-5-7-11/h3-7,12-17,19H,8-10H2,1-2H3/t12-,13+,14+,15+,16+,17+/m0/s1. The molecule has 4 fully saturated rings. The van der Waals surface area contributed by atoms with Gasteiger partial charge in [0.15, 0.2) is 12.1 Å². The van der Waals surface area contributed by atoms with Gasteiger partial charge in [-0.1, -0.05) is 30.3 Å². The summed E-state index contributed by atoms with van der Waals surface area (Å²) in [4.78, 5) is 6.15. The van der Waals surface area contributed by atoms with Gasteiger partial charge < -0.3 is 19.5 Å². The van der Waals surface area contributed by atoms with Crippen molar-refractivity contribution in [3.63, 3.8) is 0 Å². The van der Waals surface area contributed by atoms with Gasteiger partial charge in [-0.05, 0) is 25.8 Å². The molecule has 4 aliphatic heterocycles. The predicted molar refractivity (Wildman–Crippen MR) is 85.8 cm³/mol. The van der Waals surface area contributed by atoms with Crippen LogP contribution in [0.4, 0.5) is 0 Å². The molecule has 4 aliphatic rings. The smallest absolute Gasteiger partial charge is 0.189 e. The van der Waals surface area contributed by atoms with Crippen molar-refractivity contribution in [3.8, 4) is 0 Å². The maximum absolute atomic E-state index is 6.27. The van der Waals surface area contributed by atoms with Crippen LogP contribution in [-0.4, -0.2) is 54.1 Å². The average Bonchev–Trinajstić information content (AvgIpc) is 3.11. The maximum Gasteiger partial charge on any atom is 0.189 e. The Morgan fingerprint density at radius 3 is 2.83 bits per heavy atom. The molecule has 4 heterocycles. The molecule has 1 aromatic carbocycles. The number of benzene rings is 1. The van der Waals surface area contributed by atoms with E-state index in [1.54, 1.807) is 0 Å². The molecule has 0 aliphatic carbocycles. The maximum atomic E-state index is 6.27. The van der Waals surface area contributed by atoms with E-state index in [1.807, 2.05) is 19.9 Å². The summed E-state index contributed by atoms with van der Waals surface area (Å²) < 4.78 is 18.3. The van der Waals surface area contributed by atoms with Gasteiger partial charge in [0.1, 0.15) is 6.10 Å². The molecule has 130 valence electrons. The fourth-order valence-electron chi connectivity index (χ4n) is 4.40. The molecule has 1 N–H and O–H groups in total. The molecule has 6 heteroatoms. The third kappa shape index (κ3) is 2.49. The van der Waals surface area contributed by atoms with E-state index in [-0.39, 0.29) is 36.7 Å². The number of nitrogens with zero attached hydrogens (tertiary/aromatic N) is 1. The summed E-state index contributed by atoms with van der Waals surface area (Å²) >= 11 is 0. The number of nitrogens with one attached hydrogen (secondary N) is 1. The minimum atomic E-state index is -0.576. The van der Waals surface area contributed by atoms with Gasteiger partial charge >= 0.3 is 0 Å². The predicted octanol–water partition coefficient (Wildman–Crippen LogP) is 1.41. The van der Waals surface area contributed by atoms with E-state index < -0.39 is 5.79 Å². The molecule has 0 saturated carbocycles. The summed E-state index contributed by atoms with van der Waals surface area (Å²) in [6.45, 7) is 5.48. The number of ether oxygens (including phenoxy) is 3. The molecule has 24 heavy (non-hydrogen) atoms. The zero-order chi connectivity index (χ0) is 16.3. The third-order valence-electron chi connectivity index (χ3n) is 5.39. The molecule has 0 spiro atoms. The lowest BCUT2D eigenvalue weighted by atomic mass is 9.99. The Hall–Kier alpha value is -1.02. The van der Waals surface area contributed by atoms with E-state index in [2.05, 4.69) is 34.6 Å². The molecule has 0 radical (unpaired) electrons. The van der Waals surface area contributed by atoms with Crippen molar-refractivity contribution >= 4 is 0 Å². The van der Waals surface area contributed by atoms with Crippen LogP contribution < -0.4 is 5.32 Å². The Morgan fingerprint density at radius 2 is 2.00 bits per heavy atom. The van der Waals surface area contributed by atoms with Crippen molar-refractivity contribution in [1.29, 1.82) is 0 Å². The second kappa shape index (κ2) is 5.49. The van der Waals surface area contributed by atoms with Gasteiger partial charge in [-0.2, -0.15) is 5.06 Å². The molecule has 6 nitrogen and oxygen atoms in total. The Kier molecular flexibility index (Phi) is 3.49. The molecule has 0 unspecified atom stereocenters. The molecule has 1 aromatic rings. The molecule has 6 atom stereocenters. The lowest BCUT2D eigenvalue weighted by Gasteiger charge is -2.33. The molecular weight excluding hydrogens is 308 g/mol. The monoisotopic (exact) mass is 332 g/mol. The molecule has 2 bridgehead atoms. The highest BCUT2D eigenvalue weighted by atomic mass is 16.8. The van der Waals surface area contributed by atoms with Crippen molar-refractivity contribution in [1.82, 2.24) is 10.4 Å². The van der Waals surface area contributed by atoms with Crippen molar-refractivity contribution in [3.05, 3.63) is 35.9 Å². The number of rotatable bonds is 2. The van der Waals surface area contributed by atoms with Gasteiger partial charge in [-0.25, -0.2) is 0 Å². The highest BCUT2D eigenvalue weighted by Gasteiger charge is 2.59. The first-order valence-electron chi connectivity index (χ1n) is 8.81. The minimum absolute atomic E-state index is 0.0207. The van der Waals surface area contributed by atoms with Crippen LogP contribution in [0.25, 0.3) is 0 Å². The van der Waals surface area contributed by atoms with Crippen LogP contribution in [-0.2, 0) is 25.6 Å².